The van der Waals surface area contributed by atoms with Gasteiger partial charge < -0.3 is 14.7 Å². The number of amides is 1. The highest BCUT2D eigenvalue weighted by molar-refractivity contribution is 5.96. The van der Waals surface area contributed by atoms with E-state index >= 15 is 0 Å². The molecule has 4 heteroatoms. The molecule has 0 aromatic heterocycles. The van der Waals surface area contributed by atoms with Crippen molar-refractivity contribution in [2.24, 2.45) is 0 Å². The Morgan fingerprint density at radius 2 is 2.13 bits per heavy atom. The molecule has 4 nitrogen and oxygen atoms in total. The summed E-state index contributed by atoms with van der Waals surface area (Å²) < 4.78 is 4.87. The lowest BCUT2D eigenvalue weighted by Crippen LogP contribution is -2.29. The maximum atomic E-state index is 11.8. The molecule has 0 atom stereocenters. The largest absolute Gasteiger partial charge is 0.507 e. The Bertz CT molecular complexity index is 338. The van der Waals surface area contributed by atoms with Crippen LogP contribution in [0.5, 0.6) is 5.75 Å². The number of nitrogens with zero attached hydrogens (tertiary/aromatic N) is 1. The number of likely N-dealkylation sites (N-methyl/N-ethyl adjacent to an activating group) is 1. The summed E-state index contributed by atoms with van der Waals surface area (Å²) in [5.41, 5.74) is 0.316. The van der Waals surface area contributed by atoms with Gasteiger partial charge in [0.25, 0.3) is 5.91 Å². The van der Waals surface area contributed by atoms with Crippen molar-refractivity contribution in [2.45, 2.75) is 0 Å². The van der Waals surface area contributed by atoms with Crippen LogP contribution in [-0.4, -0.2) is 43.2 Å². The van der Waals surface area contributed by atoms with Crippen molar-refractivity contribution in [3.8, 4) is 5.75 Å². The second-order valence-corrected chi connectivity index (χ2v) is 3.24. The first-order valence-corrected chi connectivity index (χ1v) is 4.69. The molecule has 0 heterocycles. The first-order chi connectivity index (χ1) is 7.16. The van der Waals surface area contributed by atoms with E-state index in [0.717, 1.165) is 0 Å². The van der Waals surface area contributed by atoms with E-state index in [4.69, 9.17) is 4.74 Å². The van der Waals surface area contributed by atoms with E-state index in [0.29, 0.717) is 18.7 Å². The number of para-hydroxylation sites is 1. The molecule has 0 saturated heterocycles. The standard InChI is InChI=1S/C11H15NO3/c1-12(7-8-15-2)11(14)9-5-3-4-6-10(9)13/h3-6,13H,7-8H2,1-2H3. The number of rotatable bonds is 4. The van der Waals surface area contributed by atoms with Crippen LogP contribution in [0.15, 0.2) is 24.3 Å². The molecule has 0 radical (unpaired) electrons. The number of carbonyl (C=O) groups excluding carboxylic acids is 1. The summed E-state index contributed by atoms with van der Waals surface area (Å²) in [5.74, 6) is -0.197. The van der Waals surface area contributed by atoms with E-state index in [-0.39, 0.29) is 11.7 Å². The van der Waals surface area contributed by atoms with Gasteiger partial charge in [-0.05, 0) is 12.1 Å². The highest BCUT2D eigenvalue weighted by Crippen LogP contribution is 2.16. The lowest BCUT2D eigenvalue weighted by atomic mass is 10.2. The van der Waals surface area contributed by atoms with E-state index in [1.54, 1.807) is 32.4 Å². The lowest BCUT2D eigenvalue weighted by molar-refractivity contribution is 0.0741. The molecular formula is C11H15NO3. The summed E-state index contributed by atoms with van der Waals surface area (Å²) in [6, 6.07) is 6.50. The van der Waals surface area contributed by atoms with Crippen LogP contribution in [0.1, 0.15) is 10.4 Å². The van der Waals surface area contributed by atoms with Gasteiger partial charge in [0.05, 0.1) is 12.2 Å². The molecule has 0 aliphatic rings. The van der Waals surface area contributed by atoms with Gasteiger partial charge in [0.15, 0.2) is 0 Å². The molecule has 0 aliphatic heterocycles. The Morgan fingerprint density at radius 3 is 2.73 bits per heavy atom. The Kier molecular flexibility index (Phi) is 4.12. The number of hydrogen-bond acceptors (Lipinski definition) is 3. The Morgan fingerprint density at radius 1 is 1.47 bits per heavy atom. The molecule has 1 amide bonds. The first-order valence-electron chi connectivity index (χ1n) is 4.69. The number of phenols is 1. The summed E-state index contributed by atoms with van der Waals surface area (Å²) in [4.78, 5) is 13.3. The number of methoxy groups -OCH3 is 1. The molecular weight excluding hydrogens is 194 g/mol. The van der Waals surface area contributed by atoms with Crippen molar-refractivity contribution in [1.82, 2.24) is 4.90 Å². The van der Waals surface area contributed by atoms with Crippen molar-refractivity contribution >= 4 is 5.91 Å². The molecule has 0 saturated carbocycles. The van der Waals surface area contributed by atoms with Gasteiger partial charge in [-0.1, -0.05) is 12.1 Å². The normalized spacial score (nSPS) is 10.0. The van der Waals surface area contributed by atoms with Crippen molar-refractivity contribution in [3.63, 3.8) is 0 Å². The van der Waals surface area contributed by atoms with Crippen molar-refractivity contribution in [1.29, 1.82) is 0 Å². The SMILES string of the molecule is COCCN(C)C(=O)c1ccccc1O. The summed E-state index contributed by atoms with van der Waals surface area (Å²) in [5, 5.41) is 9.48. The highest BCUT2D eigenvalue weighted by Gasteiger charge is 2.14. The van der Waals surface area contributed by atoms with Crippen LogP contribution < -0.4 is 0 Å². The molecule has 15 heavy (non-hydrogen) atoms. The minimum atomic E-state index is -0.204. The maximum Gasteiger partial charge on any atom is 0.257 e. The number of hydrogen-bond donors (Lipinski definition) is 1. The number of aromatic hydroxyl groups is 1. The third-order valence-electron chi connectivity index (χ3n) is 2.11. The molecule has 1 aromatic carbocycles. The molecule has 1 rings (SSSR count). The van der Waals surface area contributed by atoms with Crippen LogP contribution >= 0.6 is 0 Å². The van der Waals surface area contributed by atoms with Crippen molar-refractivity contribution in [2.75, 3.05) is 27.3 Å². The van der Waals surface area contributed by atoms with Crippen molar-refractivity contribution in [3.05, 3.63) is 29.8 Å². The van der Waals surface area contributed by atoms with Gasteiger partial charge in [-0.3, -0.25) is 4.79 Å². The predicted octanol–water partition coefficient (Wildman–Crippen LogP) is 1.11. The van der Waals surface area contributed by atoms with Gasteiger partial charge in [-0.15, -0.1) is 0 Å². The molecule has 0 spiro atoms. The first kappa shape index (κ1) is 11.5. The minimum Gasteiger partial charge on any atom is -0.507 e. The van der Waals surface area contributed by atoms with Crippen molar-refractivity contribution < 1.29 is 14.6 Å². The average Bonchev–Trinajstić information content (AvgIpc) is 2.25. The minimum absolute atomic E-state index is 0.00627. The topological polar surface area (TPSA) is 49.8 Å². The van der Waals surface area contributed by atoms with Gasteiger partial charge in [0.2, 0.25) is 0 Å². The number of benzene rings is 1. The zero-order valence-electron chi connectivity index (χ0n) is 8.93. The number of carbonyl (C=O) groups is 1. The van der Waals surface area contributed by atoms with Gasteiger partial charge >= 0.3 is 0 Å². The maximum absolute atomic E-state index is 11.8. The summed E-state index contributed by atoms with van der Waals surface area (Å²) in [7, 11) is 3.26. The second-order valence-electron chi connectivity index (χ2n) is 3.24. The van der Waals surface area contributed by atoms with E-state index in [2.05, 4.69) is 0 Å². The highest BCUT2D eigenvalue weighted by atomic mass is 16.5. The Balaban J connectivity index is 2.72. The van der Waals surface area contributed by atoms with Gasteiger partial charge in [0.1, 0.15) is 5.75 Å². The van der Waals surface area contributed by atoms with Crippen LogP contribution in [0.3, 0.4) is 0 Å². The molecule has 0 fully saturated rings. The van der Waals surface area contributed by atoms with Crippen LogP contribution in [0.2, 0.25) is 0 Å². The number of ether oxygens (including phenoxy) is 1. The molecule has 0 aliphatic carbocycles. The monoisotopic (exact) mass is 209 g/mol. The molecule has 0 bridgehead atoms. The zero-order valence-corrected chi connectivity index (χ0v) is 8.93. The van der Waals surface area contributed by atoms with Crippen LogP contribution in [0, 0.1) is 0 Å². The second kappa shape index (κ2) is 5.36. The fraction of sp³-hybridized carbons (Fsp3) is 0.364. The van der Waals surface area contributed by atoms with E-state index in [9.17, 15) is 9.90 Å². The summed E-state index contributed by atoms with van der Waals surface area (Å²) in [6.07, 6.45) is 0. The van der Waals surface area contributed by atoms with Gasteiger partial charge in [-0.2, -0.15) is 0 Å². The van der Waals surface area contributed by atoms with E-state index in [1.165, 1.54) is 11.0 Å². The fourth-order valence-electron chi connectivity index (χ4n) is 1.19. The quantitative estimate of drug-likeness (QED) is 0.808. The Hall–Kier alpha value is -1.55. The van der Waals surface area contributed by atoms with Crippen LogP contribution in [0.4, 0.5) is 0 Å². The van der Waals surface area contributed by atoms with E-state index in [1.807, 2.05) is 0 Å². The summed E-state index contributed by atoms with van der Waals surface area (Å²) in [6.45, 7) is 0.986. The van der Waals surface area contributed by atoms with Crippen LogP contribution in [0.25, 0.3) is 0 Å². The Labute approximate surface area is 89.1 Å². The fourth-order valence-corrected chi connectivity index (χ4v) is 1.19. The van der Waals surface area contributed by atoms with Gasteiger partial charge in [-0.25, -0.2) is 0 Å². The third kappa shape index (κ3) is 2.95. The van der Waals surface area contributed by atoms with E-state index < -0.39 is 0 Å². The zero-order chi connectivity index (χ0) is 11.3. The molecule has 82 valence electrons. The molecule has 1 N–H and O–H groups in total. The average molecular weight is 209 g/mol. The molecule has 1 aromatic rings. The van der Waals surface area contributed by atoms with Gasteiger partial charge in [0, 0.05) is 20.7 Å². The van der Waals surface area contributed by atoms with Crippen LogP contribution in [-0.2, 0) is 4.74 Å². The summed E-state index contributed by atoms with van der Waals surface area (Å²) >= 11 is 0. The smallest absolute Gasteiger partial charge is 0.257 e. The molecule has 0 unspecified atom stereocenters. The predicted molar refractivity (Wildman–Crippen MR) is 56.9 cm³/mol. The number of phenolic OH excluding ortho intramolecular Hbond substituents is 1. The lowest BCUT2D eigenvalue weighted by Gasteiger charge is -2.16. The third-order valence-corrected chi connectivity index (χ3v) is 2.11.